The molecule has 3 aliphatic carbocycles. The fourth-order valence-corrected chi connectivity index (χ4v) is 6.95. The van der Waals surface area contributed by atoms with E-state index in [9.17, 15) is 29.6 Å². The minimum absolute atomic E-state index is 0.298. The van der Waals surface area contributed by atoms with E-state index in [1.165, 1.54) is 11.1 Å². The molecule has 0 radical (unpaired) electrons. The molecule has 0 saturated carbocycles. The lowest BCUT2D eigenvalue weighted by atomic mass is 9.47. The summed E-state index contributed by atoms with van der Waals surface area (Å²) in [5, 5.41) is 25.7. The lowest BCUT2D eigenvalue weighted by molar-refractivity contribution is -0.384. The highest BCUT2D eigenvalue weighted by atomic mass is 16.6. The molecule has 2 N–H and O–H groups in total. The molecule has 42 heavy (non-hydrogen) atoms. The van der Waals surface area contributed by atoms with Crippen molar-refractivity contribution in [3.8, 4) is 5.75 Å². The summed E-state index contributed by atoms with van der Waals surface area (Å²) in [5.74, 6) is -3.87. The zero-order valence-corrected chi connectivity index (χ0v) is 21.9. The smallest absolute Gasteiger partial charge is 0.275 e. The van der Waals surface area contributed by atoms with Crippen LogP contribution in [0.25, 0.3) is 0 Å². The van der Waals surface area contributed by atoms with Gasteiger partial charge in [-0.15, -0.1) is 0 Å². The molecule has 2 atom stereocenters. The molecule has 10 nitrogen and oxygen atoms in total. The molecule has 1 saturated heterocycles. The molecule has 4 aromatic rings. The molecule has 1 aliphatic heterocycles. The Balaban J connectivity index is 1.38. The van der Waals surface area contributed by atoms with Gasteiger partial charge in [-0.25, -0.2) is 10.3 Å². The van der Waals surface area contributed by atoms with Crippen LogP contribution in [-0.4, -0.2) is 34.0 Å². The first-order valence-corrected chi connectivity index (χ1v) is 13.3. The lowest BCUT2D eigenvalue weighted by Gasteiger charge is -2.52. The number of carbonyl (C=O) groups excluding carboxylic acids is 3. The fraction of sp³-hybridized carbons (Fsp3) is 0.125. The average molecular weight is 559 g/mol. The Morgan fingerprint density at radius 1 is 0.905 bits per heavy atom. The third-order valence-electron chi connectivity index (χ3n) is 8.57. The second-order valence-corrected chi connectivity index (χ2v) is 10.5. The quantitative estimate of drug-likeness (QED) is 0.162. The van der Waals surface area contributed by atoms with Crippen LogP contribution in [0.15, 0.2) is 102 Å². The van der Waals surface area contributed by atoms with Crippen LogP contribution in [-0.2, 0) is 15.0 Å². The molecule has 1 heterocycles. The second-order valence-electron chi connectivity index (χ2n) is 10.5. The molecule has 0 spiro atoms. The van der Waals surface area contributed by atoms with E-state index in [2.05, 4.69) is 10.5 Å². The van der Waals surface area contributed by atoms with Crippen LogP contribution in [0.2, 0.25) is 0 Å². The summed E-state index contributed by atoms with van der Waals surface area (Å²) >= 11 is 0. The SMILES string of the molecule is O=C(N/N=C\C12c3ccccc3C(c3ccccc31)[C@H]1C(=O)N(c3ccccc3)C(=O)[C@H]12)c1cc([N+](=O)[O-])ccc1O. The van der Waals surface area contributed by atoms with Crippen molar-refractivity contribution in [2.45, 2.75) is 11.3 Å². The van der Waals surface area contributed by atoms with Crippen LogP contribution in [0, 0.1) is 22.0 Å². The highest BCUT2D eigenvalue weighted by Crippen LogP contribution is 2.63. The summed E-state index contributed by atoms with van der Waals surface area (Å²) < 4.78 is 0. The van der Waals surface area contributed by atoms with E-state index in [4.69, 9.17) is 0 Å². The van der Waals surface area contributed by atoms with Crippen molar-refractivity contribution in [3.63, 3.8) is 0 Å². The van der Waals surface area contributed by atoms with Crippen LogP contribution in [0.1, 0.15) is 38.5 Å². The lowest BCUT2D eigenvalue weighted by Crippen LogP contribution is -2.54. The monoisotopic (exact) mass is 558 g/mol. The number of aromatic hydroxyl groups is 1. The number of para-hydroxylation sites is 1. The van der Waals surface area contributed by atoms with Gasteiger partial charge in [0.15, 0.2) is 0 Å². The predicted octanol–water partition coefficient (Wildman–Crippen LogP) is 4.27. The number of nitro groups is 1. The van der Waals surface area contributed by atoms with Crippen molar-refractivity contribution in [1.29, 1.82) is 0 Å². The molecule has 4 aliphatic rings. The number of amides is 3. The second kappa shape index (κ2) is 9.20. The van der Waals surface area contributed by atoms with Crippen LogP contribution in [0.4, 0.5) is 11.4 Å². The van der Waals surface area contributed by atoms with Crippen LogP contribution in [0.5, 0.6) is 5.75 Å². The van der Waals surface area contributed by atoms with Gasteiger partial charge in [0, 0.05) is 24.3 Å². The molecule has 8 rings (SSSR count). The van der Waals surface area contributed by atoms with Gasteiger partial charge in [0.2, 0.25) is 11.8 Å². The van der Waals surface area contributed by atoms with Gasteiger partial charge in [-0.3, -0.25) is 24.5 Å². The first-order valence-electron chi connectivity index (χ1n) is 13.3. The van der Waals surface area contributed by atoms with Gasteiger partial charge in [0.05, 0.1) is 33.4 Å². The molecule has 0 unspecified atom stereocenters. The number of rotatable bonds is 5. The number of anilines is 1. The maximum atomic E-state index is 14.3. The third kappa shape index (κ3) is 3.38. The standard InChI is InChI=1S/C32H22N4O6/c37-25-15-14-19(36(41)42)16-22(25)29(38)34-33-17-32-23-12-6-4-10-20(23)26(21-11-5-7-13-24(21)32)27-28(32)31(40)35(30(27)39)18-8-2-1-3-9-18/h1-17,26-28,37H,(H,34,38)/b33-17-/t26?,27-,28+,32?/m1/s1. The van der Waals surface area contributed by atoms with Gasteiger partial charge < -0.3 is 5.11 Å². The van der Waals surface area contributed by atoms with E-state index in [0.717, 1.165) is 40.5 Å². The molecule has 206 valence electrons. The summed E-state index contributed by atoms with van der Waals surface area (Å²) in [6.07, 6.45) is 1.49. The number of hydrazone groups is 1. The third-order valence-corrected chi connectivity index (χ3v) is 8.57. The normalized spacial score (nSPS) is 23.4. The van der Waals surface area contributed by atoms with Crippen molar-refractivity contribution in [1.82, 2.24) is 5.43 Å². The van der Waals surface area contributed by atoms with E-state index < -0.39 is 33.8 Å². The Kier molecular flexibility index (Phi) is 5.55. The van der Waals surface area contributed by atoms with E-state index in [1.807, 2.05) is 54.6 Å². The highest BCUT2D eigenvalue weighted by molar-refractivity contribution is 6.25. The van der Waals surface area contributed by atoms with Crippen LogP contribution >= 0.6 is 0 Å². The number of nitrogens with one attached hydrogen (secondary N) is 1. The topological polar surface area (TPSA) is 142 Å². The van der Waals surface area contributed by atoms with E-state index in [0.29, 0.717) is 5.69 Å². The van der Waals surface area contributed by atoms with Gasteiger partial charge in [0.1, 0.15) is 5.75 Å². The molecule has 3 amide bonds. The van der Waals surface area contributed by atoms with Crippen LogP contribution < -0.4 is 10.3 Å². The summed E-state index contributed by atoms with van der Waals surface area (Å²) in [6.45, 7) is 0. The Bertz CT molecular complexity index is 1810. The maximum absolute atomic E-state index is 14.3. The van der Waals surface area contributed by atoms with Gasteiger partial charge in [-0.2, -0.15) is 5.10 Å². The molecule has 0 aromatic heterocycles. The number of carbonyl (C=O) groups is 3. The Labute approximate surface area is 239 Å². The molecular weight excluding hydrogens is 536 g/mol. The van der Waals surface area contributed by atoms with Gasteiger partial charge in [-0.1, -0.05) is 66.7 Å². The molecular formula is C32H22N4O6. The number of benzene rings is 4. The summed E-state index contributed by atoms with van der Waals surface area (Å²) in [7, 11) is 0. The molecule has 10 heteroatoms. The van der Waals surface area contributed by atoms with Gasteiger partial charge >= 0.3 is 0 Å². The van der Waals surface area contributed by atoms with E-state index in [-0.39, 0.29) is 29.0 Å². The summed E-state index contributed by atoms with van der Waals surface area (Å²) in [4.78, 5) is 53.2. The highest BCUT2D eigenvalue weighted by Gasteiger charge is 2.68. The number of imide groups is 1. The van der Waals surface area contributed by atoms with E-state index in [1.54, 1.807) is 24.3 Å². The average Bonchev–Trinajstić information content (AvgIpc) is 3.28. The number of nitro benzene ring substituents is 1. The Morgan fingerprint density at radius 2 is 1.52 bits per heavy atom. The van der Waals surface area contributed by atoms with Gasteiger partial charge in [0.25, 0.3) is 11.6 Å². The summed E-state index contributed by atoms with van der Waals surface area (Å²) in [6, 6.07) is 27.2. The Hall–Kier alpha value is -5.64. The maximum Gasteiger partial charge on any atom is 0.275 e. The number of phenolic OH excluding ortho intramolecular Hbond substituents is 1. The van der Waals surface area contributed by atoms with Crippen molar-refractivity contribution < 1.29 is 24.4 Å². The number of phenols is 1. The van der Waals surface area contributed by atoms with Crippen LogP contribution in [0.3, 0.4) is 0 Å². The summed E-state index contributed by atoms with van der Waals surface area (Å²) in [5.41, 5.74) is 4.38. The number of hydrogen-bond donors (Lipinski definition) is 2. The number of nitrogens with zero attached hydrogens (tertiary/aromatic N) is 3. The molecule has 4 aromatic carbocycles. The first-order chi connectivity index (χ1) is 20.3. The minimum Gasteiger partial charge on any atom is -0.507 e. The first kappa shape index (κ1) is 25.3. The zero-order valence-electron chi connectivity index (χ0n) is 21.9. The van der Waals surface area contributed by atoms with E-state index >= 15 is 0 Å². The zero-order chi connectivity index (χ0) is 29.2. The fourth-order valence-electron chi connectivity index (χ4n) is 6.95. The number of non-ortho nitro benzene ring substituents is 1. The number of hydrogen-bond acceptors (Lipinski definition) is 7. The van der Waals surface area contributed by atoms with Crippen molar-refractivity contribution in [2.75, 3.05) is 4.90 Å². The van der Waals surface area contributed by atoms with Gasteiger partial charge in [-0.05, 0) is 40.5 Å². The predicted molar refractivity (Wildman–Crippen MR) is 152 cm³/mol. The van der Waals surface area contributed by atoms with Crippen molar-refractivity contribution in [3.05, 3.63) is 135 Å². The largest absolute Gasteiger partial charge is 0.507 e. The molecule has 2 bridgehead atoms. The minimum atomic E-state index is -1.21. The van der Waals surface area contributed by atoms with Crippen molar-refractivity contribution in [2.24, 2.45) is 16.9 Å². The Morgan fingerprint density at radius 3 is 2.17 bits per heavy atom. The van der Waals surface area contributed by atoms with Crippen molar-refractivity contribution >= 4 is 35.3 Å². The molecule has 1 fully saturated rings.